The molecule has 1 spiro atoms. The van der Waals surface area contributed by atoms with Gasteiger partial charge in [0.1, 0.15) is 19.3 Å². The molecule has 0 amide bonds. The van der Waals surface area contributed by atoms with Gasteiger partial charge in [-0.25, -0.2) is 0 Å². The third kappa shape index (κ3) is 9.33. The molecule has 0 radical (unpaired) electrons. The van der Waals surface area contributed by atoms with E-state index in [-0.39, 0.29) is 42.4 Å². The summed E-state index contributed by atoms with van der Waals surface area (Å²) in [5, 5.41) is 64.3. The Kier molecular flexibility index (Phi) is 15.5. The third-order valence-corrected chi connectivity index (χ3v) is 15.1. The summed E-state index contributed by atoms with van der Waals surface area (Å²) in [4.78, 5) is 12.8. The van der Waals surface area contributed by atoms with Crippen LogP contribution < -0.4 is 10.6 Å². The van der Waals surface area contributed by atoms with E-state index < -0.39 is 35.6 Å². The molecular formula is C50H72N2O8. The average Bonchev–Trinajstić information content (AvgIpc) is 3.58. The molecule has 2 fully saturated rings. The summed E-state index contributed by atoms with van der Waals surface area (Å²) in [7, 11) is 3.58. The minimum absolute atomic E-state index is 0.0372. The Morgan fingerprint density at radius 3 is 2.68 bits per heavy atom. The number of carbonyl (C=O) groups is 1. The first-order chi connectivity index (χ1) is 28.8. The van der Waals surface area contributed by atoms with Crippen molar-refractivity contribution in [3.8, 4) is 0 Å². The fourth-order valence-corrected chi connectivity index (χ4v) is 12.1. The zero-order valence-corrected chi connectivity index (χ0v) is 36.5. The summed E-state index contributed by atoms with van der Waals surface area (Å²) < 4.78 is 11.1. The van der Waals surface area contributed by atoms with Gasteiger partial charge < -0.3 is 40.3 Å². The predicted molar refractivity (Wildman–Crippen MR) is 236 cm³/mol. The van der Waals surface area contributed by atoms with Crippen molar-refractivity contribution in [1.29, 1.82) is 0 Å². The summed E-state index contributed by atoms with van der Waals surface area (Å²) >= 11 is 0. The molecule has 1 aromatic carbocycles. The second-order valence-corrected chi connectivity index (χ2v) is 18.9. The molecule has 1 heterocycles. The van der Waals surface area contributed by atoms with Crippen molar-refractivity contribution in [3.63, 3.8) is 0 Å². The molecule has 4 bridgehead atoms. The van der Waals surface area contributed by atoms with Crippen LogP contribution >= 0.6 is 0 Å². The third-order valence-electron chi connectivity index (χ3n) is 15.1. The summed E-state index contributed by atoms with van der Waals surface area (Å²) in [6.07, 6.45) is 19.5. The van der Waals surface area contributed by atoms with Gasteiger partial charge >= 0.3 is 0 Å². The molecule has 1 aliphatic heterocycles. The van der Waals surface area contributed by atoms with Crippen LogP contribution in [0.3, 0.4) is 0 Å². The molecule has 330 valence electrons. The van der Waals surface area contributed by atoms with Crippen LogP contribution in [0.1, 0.15) is 89.2 Å². The normalized spacial score (nSPS) is 35.9. The number of aliphatic hydroxyl groups is 5. The van der Waals surface area contributed by atoms with E-state index in [9.17, 15) is 30.3 Å². The first kappa shape index (κ1) is 46.5. The molecule has 0 aromatic heterocycles. The highest BCUT2D eigenvalue weighted by molar-refractivity contribution is 5.77. The standard InChI is InChI=1S/C50H72N2O8/c1-34(39-15-14-35(2)46(57)52-47(3,23-26-59-5)29-37-11-7-10-36(27-37)28-39)9-6-12-41(31-60-33-55)42-17-21-50(45(42)56)44-38(18-25-53)16-20-48(32-49(50,58)22-24-51-4)19-8-13-40(30-54)43(44)48/h6-7,9-12,14,16,20,27,30,38-39,42,44-46,51-53,55-58H,1,8,13,15,17-19,21-26,28-29,31-33H2,2-5H3. The van der Waals surface area contributed by atoms with Gasteiger partial charge in [-0.3, -0.25) is 10.1 Å². The molecule has 10 heteroatoms. The molecule has 10 unspecified atom stereocenters. The Labute approximate surface area is 358 Å². The van der Waals surface area contributed by atoms with Crippen molar-refractivity contribution in [2.24, 2.45) is 34.5 Å². The number of allylic oxidation sites excluding steroid dienone is 9. The lowest BCUT2D eigenvalue weighted by atomic mass is 9.40. The van der Waals surface area contributed by atoms with E-state index in [0.29, 0.717) is 58.1 Å². The van der Waals surface area contributed by atoms with Crippen LogP contribution in [0.25, 0.3) is 0 Å². The largest absolute Gasteiger partial charge is 0.396 e. The first-order valence-electron chi connectivity index (χ1n) is 22.3. The van der Waals surface area contributed by atoms with Crippen LogP contribution in [0.2, 0.25) is 0 Å². The van der Waals surface area contributed by atoms with Crippen LogP contribution in [0.5, 0.6) is 0 Å². The Bertz CT molecular complexity index is 1830. The van der Waals surface area contributed by atoms with Crippen LogP contribution in [0.4, 0.5) is 0 Å². The molecule has 2 saturated carbocycles. The van der Waals surface area contributed by atoms with Crippen molar-refractivity contribution in [1.82, 2.24) is 10.6 Å². The Balaban J connectivity index is 1.32. The number of aliphatic hydroxyl groups excluding tert-OH is 4. The molecule has 60 heavy (non-hydrogen) atoms. The van der Waals surface area contributed by atoms with Gasteiger partial charge in [0.05, 0.1) is 18.3 Å². The maximum absolute atomic E-state index is 13.2. The lowest BCUT2D eigenvalue weighted by Crippen LogP contribution is -2.67. The van der Waals surface area contributed by atoms with Crippen LogP contribution in [0.15, 0.2) is 95.2 Å². The molecule has 0 saturated heterocycles. The van der Waals surface area contributed by atoms with Gasteiger partial charge in [0.15, 0.2) is 0 Å². The summed E-state index contributed by atoms with van der Waals surface area (Å²) in [6, 6.07) is 8.65. The summed E-state index contributed by atoms with van der Waals surface area (Å²) in [5.74, 6) is -0.797. The van der Waals surface area contributed by atoms with E-state index in [4.69, 9.17) is 9.47 Å². The smallest absolute Gasteiger partial charge is 0.146 e. The maximum Gasteiger partial charge on any atom is 0.146 e. The number of carbonyl (C=O) groups excluding carboxylic acids is 1. The van der Waals surface area contributed by atoms with Gasteiger partial charge in [-0.1, -0.05) is 72.9 Å². The zero-order chi connectivity index (χ0) is 43.1. The molecule has 5 aliphatic rings. The highest BCUT2D eigenvalue weighted by Gasteiger charge is 2.71. The number of ether oxygens (including phenoxy) is 2. The number of aldehydes is 1. The fourth-order valence-electron chi connectivity index (χ4n) is 12.1. The Morgan fingerprint density at radius 1 is 1.15 bits per heavy atom. The molecule has 7 N–H and O–H groups in total. The fraction of sp³-hybridized carbons (Fsp3) is 0.620. The maximum atomic E-state index is 13.2. The highest BCUT2D eigenvalue weighted by Crippen LogP contribution is 2.72. The predicted octanol–water partition coefficient (Wildman–Crippen LogP) is 5.80. The highest BCUT2D eigenvalue weighted by atomic mass is 16.6. The van der Waals surface area contributed by atoms with Crippen molar-refractivity contribution in [3.05, 3.63) is 106 Å². The van der Waals surface area contributed by atoms with E-state index in [1.165, 1.54) is 11.1 Å². The van der Waals surface area contributed by atoms with Gasteiger partial charge in [-0.2, -0.15) is 0 Å². The Morgan fingerprint density at radius 2 is 1.95 bits per heavy atom. The Hall–Kier alpha value is -3.03. The first-order valence-corrected chi connectivity index (χ1v) is 22.3. The second-order valence-electron chi connectivity index (χ2n) is 18.9. The minimum atomic E-state index is -1.25. The number of benzene rings is 1. The SMILES string of the molecule is C=C(C=CC=C(COCO)C1CCC2(C1O)C1C3=C(C=O)CCCC3(C=CC1CCO)CC2(O)CCNC)C1CC=C(C)C(O)NC(C)(CCOC)Cc2cccc(c2)C1. The van der Waals surface area contributed by atoms with Crippen molar-refractivity contribution in [2.75, 3.05) is 47.3 Å². The number of hydrogen-bond acceptors (Lipinski definition) is 10. The van der Waals surface area contributed by atoms with E-state index in [0.717, 1.165) is 66.3 Å². The zero-order valence-electron chi connectivity index (χ0n) is 36.5. The average molecular weight is 829 g/mol. The van der Waals surface area contributed by atoms with Crippen molar-refractivity contribution in [2.45, 2.75) is 114 Å². The second kappa shape index (κ2) is 20.0. The van der Waals surface area contributed by atoms with Gasteiger partial charge in [0.2, 0.25) is 0 Å². The van der Waals surface area contributed by atoms with Gasteiger partial charge in [0, 0.05) is 42.6 Å². The number of rotatable bonds is 16. The van der Waals surface area contributed by atoms with E-state index in [1.807, 2.05) is 32.2 Å². The number of methoxy groups -OCH3 is 1. The minimum Gasteiger partial charge on any atom is -0.396 e. The van der Waals surface area contributed by atoms with Crippen LogP contribution in [-0.4, -0.2) is 103 Å². The van der Waals surface area contributed by atoms with Crippen molar-refractivity contribution < 1.29 is 39.8 Å². The molecule has 6 rings (SSSR count). The molecular weight excluding hydrogens is 757 g/mol. The van der Waals surface area contributed by atoms with Crippen LogP contribution in [-0.2, 0) is 27.1 Å². The van der Waals surface area contributed by atoms with Crippen LogP contribution in [0, 0.1) is 34.5 Å². The summed E-state index contributed by atoms with van der Waals surface area (Å²) in [6.45, 7) is 9.36. The lowest BCUT2D eigenvalue weighted by molar-refractivity contribution is -0.207. The van der Waals surface area contributed by atoms with E-state index in [2.05, 4.69) is 66.6 Å². The monoisotopic (exact) mass is 829 g/mol. The lowest BCUT2D eigenvalue weighted by Gasteiger charge is -2.66. The van der Waals surface area contributed by atoms with Gasteiger partial charge in [0.25, 0.3) is 0 Å². The topological polar surface area (TPSA) is 161 Å². The number of nitrogens with one attached hydrogen (secondary N) is 2. The summed E-state index contributed by atoms with van der Waals surface area (Å²) in [5.41, 5.74) is 3.80. The molecule has 10 atom stereocenters. The number of hydrogen-bond donors (Lipinski definition) is 7. The van der Waals surface area contributed by atoms with Crippen molar-refractivity contribution >= 4 is 6.29 Å². The molecule has 4 aliphatic carbocycles. The van der Waals surface area contributed by atoms with Gasteiger partial charge in [-0.15, -0.1) is 0 Å². The molecule has 10 nitrogen and oxygen atoms in total. The quantitative estimate of drug-likeness (QED) is 0.0470. The molecule has 1 aromatic rings. The van der Waals surface area contributed by atoms with E-state index in [1.54, 1.807) is 7.11 Å². The number of fused-ring (bicyclic) bond motifs is 3. The van der Waals surface area contributed by atoms with Gasteiger partial charge in [-0.05, 0) is 156 Å². The van der Waals surface area contributed by atoms with E-state index >= 15 is 0 Å².